The quantitative estimate of drug-likeness (QED) is 0.903. The number of aromatic nitrogens is 3. The van der Waals surface area contributed by atoms with Gasteiger partial charge in [-0.3, -0.25) is 0 Å². The number of halogens is 1. The number of nitrogens with one attached hydrogen (secondary N) is 1. The van der Waals surface area contributed by atoms with Crippen LogP contribution in [-0.2, 0) is 15.6 Å². The standard InChI is InChI=1S/C9H8ClN3O2S/c10-7-2-1-3-13-9(7)16(14,15)6-8-11-4-5-12-8/h1-5H,6H2,(H,11,12). The lowest BCUT2D eigenvalue weighted by molar-refractivity contribution is 0.590. The Balaban J connectivity index is 2.37. The van der Waals surface area contributed by atoms with Gasteiger partial charge in [0.2, 0.25) is 9.84 Å². The molecule has 0 fully saturated rings. The van der Waals surface area contributed by atoms with Gasteiger partial charge in [0.25, 0.3) is 0 Å². The van der Waals surface area contributed by atoms with Gasteiger partial charge in [0.15, 0.2) is 5.03 Å². The molecule has 0 spiro atoms. The molecule has 0 bridgehead atoms. The van der Waals surface area contributed by atoms with E-state index >= 15 is 0 Å². The van der Waals surface area contributed by atoms with Crippen LogP contribution in [0, 0.1) is 0 Å². The van der Waals surface area contributed by atoms with E-state index in [-0.39, 0.29) is 15.8 Å². The van der Waals surface area contributed by atoms with Gasteiger partial charge in [-0.1, -0.05) is 11.6 Å². The van der Waals surface area contributed by atoms with Gasteiger partial charge in [-0.15, -0.1) is 0 Å². The topological polar surface area (TPSA) is 75.7 Å². The molecule has 0 radical (unpaired) electrons. The zero-order valence-corrected chi connectivity index (χ0v) is 9.66. The molecule has 0 atom stereocenters. The zero-order chi connectivity index (χ0) is 11.6. The number of aromatic amines is 1. The second-order valence-electron chi connectivity index (χ2n) is 3.09. The van der Waals surface area contributed by atoms with Crippen molar-refractivity contribution in [2.24, 2.45) is 0 Å². The van der Waals surface area contributed by atoms with Crippen LogP contribution in [-0.4, -0.2) is 23.4 Å². The van der Waals surface area contributed by atoms with E-state index in [1.807, 2.05) is 0 Å². The van der Waals surface area contributed by atoms with E-state index in [0.29, 0.717) is 5.82 Å². The Morgan fingerprint density at radius 2 is 2.12 bits per heavy atom. The van der Waals surface area contributed by atoms with E-state index in [9.17, 15) is 8.42 Å². The highest BCUT2D eigenvalue weighted by atomic mass is 35.5. The third kappa shape index (κ3) is 2.23. The molecule has 2 heterocycles. The molecule has 0 amide bonds. The number of hydrogen-bond donors (Lipinski definition) is 1. The molecule has 2 aromatic heterocycles. The van der Waals surface area contributed by atoms with E-state index in [4.69, 9.17) is 11.6 Å². The molecule has 0 aromatic carbocycles. The number of H-pyrrole nitrogens is 1. The first kappa shape index (κ1) is 11.1. The Kier molecular flexibility index (Phi) is 2.93. The summed E-state index contributed by atoms with van der Waals surface area (Å²) in [5, 5.41) is 0.00197. The van der Waals surface area contributed by atoms with Crippen LogP contribution in [0.3, 0.4) is 0 Å². The number of rotatable bonds is 3. The molecule has 0 aliphatic rings. The fourth-order valence-corrected chi connectivity index (χ4v) is 2.94. The van der Waals surface area contributed by atoms with Crippen LogP contribution in [0.25, 0.3) is 0 Å². The van der Waals surface area contributed by atoms with Crippen LogP contribution in [0.4, 0.5) is 0 Å². The molecule has 7 heteroatoms. The van der Waals surface area contributed by atoms with Crippen molar-refractivity contribution >= 4 is 21.4 Å². The predicted molar refractivity (Wildman–Crippen MR) is 58.7 cm³/mol. The summed E-state index contributed by atoms with van der Waals surface area (Å²) in [7, 11) is -3.55. The Bertz CT molecular complexity index is 581. The van der Waals surface area contributed by atoms with Crippen molar-refractivity contribution in [3.05, 3.63) is 41.6 Å². The predicted octanol–water partition coefficient (Wildman–Crippen LogP) is 1.43. The molecule has 2 aromatic rings. The fraction of sp³-hybridized carbons (Fsp3) is 0.111. The van der Waals surface area contributed by atoms with E-state index in [1.54, 1.807) is 12.3 Å². The monoisotopic (exact) mass is 257 g/mol. The first-order chi connectivity index (χ1) is 7.59. The average molecular weight is 258 g/mol. The van der Waals surface area contributed by atoms with E-state index < -0.39 is 9.84 Å². The summed E-state index contributed by atoms with van der Waals surface area (Å²) < 4.78 is 23.8. The minimum atomic E-state index is -3.55. The number of pyridine rings is 1. The first-order valence-corrected chi connectivity index (χ1v) is 6.44. The van der Waals surface area contributed by atoms with Gasteiger partial charge in [-0.25, -0.2) is 18.4 Å². The van der Waals surface area contributed by atoms with Crippen molar-refractivity contribution in [2.75, 3.05) is 0 Å². The molecular formula is C9H8ClN3O2S. The average Bonchev–Trinajstić information content (AvgIpc) is 2.70. The Labute approximate surface area is 97.4 Å². The fourth-order valence-electron chi connectivity index (χ4n) is 1.23. The van der Waals surface area contributed by atoms with Crippen molar-refractivity contribution in [1.82, 2.24) is 15.0 Å². The molecular weight excluding hydrogens is 250 g/mol. The SMILES string of the molecule is O=S(=O)(Cc1ncc[nH]1)c1ncccc1Cl. The normalized spacial score (nSPS) is 11.6. The van der Waals surface area contributed by atoms with Crippen molar-refractivity contribution < 1.29 is 8.42 Å². The van der Waals surface area contributed by atoms with Crippen molar-refractivity contribution in [1.29, 1.82) is 0 Å². The summed E-state index contributed by atoms with van der Waals surface area (Å²) in [6.07, 6.45) is 4.44. The Hall–Kier alpha value is -1.40. The smallest absolute Gasteiger partial charge is 0.204 e. The molecule has 16 heavy (non-hydrogen) atoms. The van der Waals surface area contributed by atoms with E-state index in [0.717, 1.165) is 0 Å². The van der Waals surface area contributed by atoms with Gasteiger partial charge in [0, 0.05) is 18.6 Å². The van der Waals surface area contributed by atoms with Crippen LogP contribution in [0.1, 0.15) is 5.82 Å². The van der Waals surface area contributed by atoms with Gasteiger partial charge in [-0.05, 0) is 12.1 Å². The van der Waals surface area contributed by atoms with Crippen molar-refractivity contribution in [3.63, 3.8) is 0 Å². The Morgan fingerprint density at radius 3 is 2.75 bits per heavy atom. The number of sulfone groups is 1. The maximum atomic E-state index is 11.9. The summed E-state index contributed by atoms with van der Waals surface area (Å²) in [5.74, 6) is 0.123. The maximum absolute atomic E-state index is 11.9. The second-order valence-corrected chi connectivity index (χ2v) is 5.40. The van der Waals surface area contributed by atoms with Crippen LogP contribution in [0.5, 0.6) is 0 Å². The number of imidazole rings is 1. The summed E-state index contributed by atoms with van der Waals surface area (Å²) in [4.78, 5) is 10.3. The summed E-state index contributed by atoms with van der Waals surface area (Å²) in [6, 6.07) is 3.07. The van der Waals surface area contributed by atoms with Crippen molar-refractivity contribution in [2.45, 2.75) is 10.8 Å². The van der Waals surface area contributed by atoms with E-state index in [1.165, 1.54) is 18.5 Å². The third-order valence-electron chi connectivity index (χ3n) is 1.90. The molecule has 1 N–H and O–H groups in total. The largest absolute Gasteiger partial charge is 0.348 e. The van der Waals surface area contributed by atoms with Crippen LogP contribution >= 0.6 is 11.6 Å². The van der Waals surface area contributed by atoms with Gasteiger partial charge in [-0.2, -0.15) is 0 Å². The summed E-state index contributed by atoms with van der Waals surface area (Å²) in [5.41, 5.74) is 0. The molecule has 5 nitrogen and oxygen atoms in total. The molecule has 2 rings (SSSR count). The van der Waals surface area contributed by atoms with Gasteiger partial charge in [0.1, 0.15) is 11.6 Å². The lowest BCUT2D eigenvalue weighted by atomic mass is 10.5. The number of hydrogen-bond acceptors (Lipinski definition) is 4. The maximum Gasteiger partial charge on any atom is 0.204 e. The van der Waals surface area contributed by atoms with E-state index in [2.05, 4.69) is 15.0 Å². The van der Waals surface area contributed by atoms with Crippen LogP contribution < -0.4 is 0 Å². The molecule has 0 aliphatic carbocycles. The first-order valence-electron chi connectivity index (χ1n) is 4.41. The summed E-state index contributed by atoms with van der Waals surface area (Å²) >= 11 is 5.78. The van der Waals surface area contributed by atoms with Gasteiger partial charge >= 0.3 is 0 Å². The summed E-state index contributed by atoms with van der Waals surface area (Å²) in [6.45, 7) is 0. The number of nitrogens with zero attached hydrogens (tertiary/aromatic N) is 2. The van der Waals surface area contributed by atoms with Gasteiger partial charge < -0.3 is 4.98 Å². The lowest BCUT2D eigenvalue weighted by Gasteiger charge is -2.02. The second kappa shape index (κ2) is 4.23. The molecule has 0 aliphatic heterocycles. The van der Waals surface area contributed by atoms with Gasteiger partial charge in [0.05, 0.1) is 5.02 Å². The highest BCUT2D eigenvalue weighted by Gasteiger charge is 2.21. The Morgan fingerprint density at radius 1 is 1.31 bits per heavy atom. The lowest BCUT2D eigenvalue weighted by Crippen LogP contribution is -2.08. The minimum absolute atomic E-state index is 0.118. The van der Waals surface area contributed by atoms with Crippen LogP contribution in [0.2, 0.25) is 5.02 Å². The highest BCUT2D eigenvalue weighted by molar-refractivity contribution is 7.90. The third-order valence-corrected chi connectivity index (χ3v) is 3.89. The van der Waals surface area contributed by atoms with Crippen molar-refractivity contribution in [3.8, 4) is 0 Å². The minimum Gasteiger partial charge on any atom is -0.348 e. The molecule has 0 saturated carbocycles. The zero-order valence-electron chi connectivity index (χ0n) is 8.09. The molecule has 0 saturated heterocycles. The molecule has 84 valence electrons. The van der Waals surface area contributed by atoms with Crippen LogP contribution in [0.15, 0.2) is 35.7 Å². The molecule has 0 unspecified atom stereocenters. The highest BCUT2D eigenvalue weighted by Crippen LogP contribution is 2.20.